The maximum atomic E-state index is 12.6. The Hall–Kier alpha value is -3.35. The molecule has 27 heavy (non-hydrogen) atoms. The number of imidazole rings is 2. The van der Waals surface area contributed by atoms with E-state index in [1.54, 1.807) is 29.6 Å². The largest absolute Gasteiger partial charge is 0.350 e. The molecular formula is C20H21N5O2. The van der Waals surface area contributed by atoms with Crippen molar-refractivity contribution < 1.29 is 4.79 Å². The van der Waals surface area contributed by atoms with E-state index >= 15 is 0 Å². The van der Waals surface area contributed by atoms with Gasteiger partial charge in [-0.05, 0) is 36.8 Å². The molecule has 0 saturated carbocycles. The lowest BCUT2D eigenvalue weighted by atomic mass is 10.2. The van der Waals surface area contributed by atoms with Gasteiger partial charge in [-0.2, -0.15) is 0 Å². The van der Waals surface area contributed by atoms with E-state index in [2.05, 4.69) is 10.3 Å². The Labute approximate surface area is 155 Å². The third-order valence-electron chi connectivity index (χ3n) is 5.08. The van der Waals surface area contributed by atoms with E-state index in [0.717, 1.165) is 27.6 Å². The van der Waals surface area contributed by atoms with Gasteiger partial charge in [0.1, 0.15) is 6.04 Å². The first kappa shape index (κ1) is 17.1. The Kier molecular flexibility index (Phi) is 4.07. The van der Waals surface area contributed by atoms with Crippen LogP contribution in [0.15, 0.2) is 53.6 Å². The molecule has 0 bridgehead atoms. The van der Waals surface area contributed by atoms with Crippen LogP contribution in [0.5, 0.6) is 0 Å². The van der Waals surface area contributed by atoms with Gasteiger partial charge in [0.2, 0.25) is 5.91 Å². The standard InChI is InChI=1S/C20H21N5O2/c1-13(25-12-22-15-6-4-5-7-16(15)25)19(26)21-11-14-8-9-17-18(10-14)24(3)20(27)23(17)2/h4-10,12-13H,11H2,1-3H3,(H,21,26)/t13-/m1/s1. The van der Waals surface area contributed by atoms with Gasteiger partial charge in [0.15, 0.2) is 0 Å². The number of hydrogen-bond acceptors (Lipinski definition) is 3. The summed E-state index contributed by atoms with van der Waals surface area (Å²) in [5.41, 5.74) is 4.40. The molecule has 1 amide bonds. The van der Waals surface area contributed by atoms with Crippen LogP contribution in [0.25, 0.3) is 22.1 Å². The molecule has 0 aliphatic heterocycles. The van der Waals surface area contributed by atoms with E-state index in [1.165, 1.54) is 0 Å². The summed E-state index contributed by atoms with van der Waals surface area (Å²) in [7, 11) is 3.50. The second-order valence-corrected chi connectivity index (χ2v) is 6.76. The van der Waals surface area contributed by atoms with Gasteiger partial charge in [-0.25, -0.2) is 9.78 Å². The average Bonchev–Trinajstić information content (AvgIpc) is 3.21. The molecule has 138 valence electrons. The number of nitrogens with zero attached hydrogens (tertiary/aromatic N) is 4. The van der Waals surface area contributed by atoms with Gasteiger partial charge in [-0.1, -0.05) is 18.2 Å². The zero-order chi connectivity index (χ0) is 19.1. The molecule has 2 aromatic carbocycles. The van der Waals surface area contributed by atoms with Gasteiger partial charge in [-0.3, -0.25) is 13.9 Å². The number of aromatic nitrogens is 4. The van der Waals surface area contributed by atoms with E-state index in [0.29, 0.717) is 6.54 Å². The summed E-state index contributed by atoms with van der Waals surface area (Å²) < 4.78 is 5.10. The van der Waals surface area contributed by atoms with Crippen LogP contribution >= 0.6 is 0 Å². The molecule has 4 rings (SSSR count). The first-order valence-electron chi connectivity index (χ1n) is 8.81. The fourth-order valence-corrected chi connectivity index (χ4v) is 3.41. The Morgan fingerprint density at radius 3 is 2.63 bits per heavy atom. The second-order valence-electron chi connectivity index (χ2n) is 6.76. The maximum absolute atomic E-state index is 12.6. The van der Waals surface area contributed by atoms with E-state index in [9.17, 15) is 9.59 Å². The normalized spacial score (nSPS) is 12.6. The SMILES string of the molecule is C[C@H](C(=O)NCc1ccc2c(c1)n(C)c(=O)n2C)n1cnc2ccccc21. The molecule has 0 saturated heterocycles. The molecule has 1 atom stereocenters. The summed E-state index contributed by atoms with van der Waals surface area (Å²) in [6.45, 7) is 2.25. The molecular weight excluding hydrogens is 342 g/mol. The molecule has 0 unspecified atom stereocenters. The summed E-state index contributed by atoms with van der Waals surface area (Å²) in [4.78, 5) is 29.0. The van der Waals surface area contributed by atoms with Gasteiger partial charge in [-0.15, -0.1) is 0 Å². The van der Waals surface area contributed by atoms with Crippen LogP contribution in [-0.4, -0.2) is 24.6 Å². The van der Waals surface area contributed by atoms with Crippen LogP contribution in [0.4, 0.5) is 0 Å². The average molecular weight is 363 g/mol. The van der Waals surface area contributed by atoms with E-state index in [1.807, 2.05) is 54.0 Å². The summed E-state index contributed by atoms with van der Waals surface area (Å²) in [6, 6.07) is 13.1. The Bertz CT molecular complexity index is 1210. The van der Waals surface area contributed by atoms with Gasteiger partial charge in [0.25, 0.3) is 0 Å². The van der Waals surface area contributed by atoms with Crippen LogP contribution in [0.3, 0.4) is 0 Å². The summed E-state index contributed by atoms with van der Waals surface area (Å²) in [5, 5.41) is 2.98. The molecule has 2 heterocycles. The summed E-state index contributed by atoms with van der Waals surface area (Å²) in [6.07, 6.45) is 1.70. The highest BCUT2D eigenvalue weighted by Crippen LogP contribution is 2.18. The fourth-order valence-electron chi connectivity index (χ4n) is 3.41. The second kappa shape index (κ2) is 6.42. The summed E-state index contributed by atoms with van der Waals surface area (Å²) >= 11 is 0. The lowest BCUT2D eigenvalue weighted by molar-refractivity contribution is -0.123. The topological polar surface area (TPSA) is 73.8 Å². The number of rotatable bonds is 4. The van der Waals surface area contributed by atoms with Crippen LogP contribution in [0.1, 0.15) is 18.5 Å². The monoisotopic (exact) mass is 363 g/mol. The van der Waals surface area contributed by atoms with E-state index in [-0.39, 0.29) is 17.6 Å². The quantitative estimate of drug-likeness (QED) is 0.603. The van der Waals surface area contributed by atoms with Crippen molar-refractivity contribution in [2.75, 3.05) is 0 Å². The van der Waals surface area contributed by atoms with Crippen LogP contribution in [0, 0.1) is 0 Å². The molecule has 1 N–H and O–H groups in total. The molecule has 2 aromatic heterocycles. The zero-order valence-corrected chi connectivity index (χ0v) is 15.5. The van der Waals surface area contributed by atoms with Crippen molar-refractivity contribution in [3.05, 3.63) is 64.8 Å². The predicted octanol–water partition coefficient (Wildman–Crippen LogP) is 2.10. The van der Waals surface area contributed by atoms with Crippen LogP contribution < -0.4 is 11.0 Å². The molecule has 0 aliphatic carbocycles. The predicted molar refractivity (Wildman–Crippen MR) is 104 cm³/mol. The molecule has 0 spiro atoms. The zero-order valence-electron chi connectivity index (χ0n) is 15.5. The van der Waals surface area contributed by atoms with Crippen molar-refractivity contribution in [1.82, 2.24) is 24.0 Å². The number of fused-ring (bicyclic) bond motifs is 2. The third-order valence-corrected chi connectivity index (χ3v) is 5.08. The molecule has 7 nitrogen and oxygen atoms in total. The van der Waals surface area contributed by atoms with Gasteiger partial charge >= 0.3 is 5.69 Å². The van der Waals surface area contributed by atoms with E-state index < -0.39 is 0 Å². The molecule has 0 fully saturated rings. The first-order valence-corrected chi connectivity index (χ1v) is 8.81. The lowest BCUT2D eigenvalue weighted by Gasteiger charge is -2.15. The number of aryl methyl sites for hydroxylation is 2. The molecule has 7 heteroatoms. The number of carbonyl (C=O) groups excluding carboxylic acids is 1. The van der Waals surface area contributed by atoms with Crippen molar-refractivity contribution >= 4 is 28.0 Å². The Balaban J connectivity index is 1.53. The van der Waals surface area contributed by atoms with Gasteiger partial charge in [0, 0.05) is 20.6 Å². The number of nitrogens with one attached hydrogen (secondary N) is 1. The van der Waals surface area contributed by atoms with Crippen molar-refractivity contribution in [2.45, 2.75) is 19.5 Å². The first-order chi connectivity index (χ1) is 13.0. The minimum atomic E-state index is -0.373. The van der Waals surface area contributed by atoms with Crippen molar-refractivity contribution in [2.24, 2.45) is 14.1 Å². The van der Waals surface area contributed by atoms with Crippen molar-refractivity contribution in [1.29, 1.82) is 0 Å². The van der Waals surface area contributed by atoms with E-state index in [4.69, 9.17) is 0 Å². The van der Waals surface area contributed by atoms with Gasteiger partial charge in [0.05, 0.1) is 28.4 Å². The highest BCUT2D eigenvalue weighted by molar-refractivity contribution is 5.83. The molecule has 0 radical (unpaired) electrons. The molecule has 4 aromatic rings. The Morgan fingerprint density at radius 1 is 1.07 bits per heavy atom. The highest BCUT2D eigenvalue weighted by Gasteiger charge is 2.17. The van der Waals surface area contributed by atoms with Crippen molar-refractivity contribution in [3.8, 4) is 0 Å². The van der Waals surface area contributed by atoms with Crippen molar-refractivity contribution in [3.63, 3.8) is 0 Å². The maximum Gasteiger partial charge on any atom is 0.328 e. The summed E-state index contributed by atoms with van der Waals surface area (Å²) in [5.74, 6) is -0.0831. The lowest BCUT2D eigenvalue weighted by Crippen LogP contribution is -2.30. The molecule has 0 aliphatic rings. The third kappa shape index (κ3) is 2.81. The van der Waals surface area contributed by atoms with Crippen LogP contribution in [-0.2, 0) is 25.4 Å². The number of para-hydroxylation sites is 2. The minimum Gasteiger partial charge on any atom is -0.350 e. The number of carbonyl (C=O) groups is 1. The minimum absolute atomic E-state index is 0.0632. The van der Waals surface area contributed by atoms with Gasteiger partial charge < -0.3 is 9.88 Å². The number of amides is 1. The Morgan fingerprint density at radius 2 is 1.81 bits per heavy atom. The number of benzene rings is 2. The van der Waals surface area contributed by atoms with Crippen LogP contribution in [0.2, 0.25) is 0 Å². The smallest absolute Gasteiger partial charge is 0.328 e. The highest BCUT2D eigenvalue weighted by atomic mass is 16.2. The number of hydrogen-bond donors (Lipinski definition) is 1. The fraction of sp³-hybridized carbons (Fsp3) is 0.250.